The number of hydrogen-bond donors (Lipinski definition) is 0. The van der Waals surface area contributed by atoms with Gasteiger partial charge in [0.05, 0.1) is 0 Å². The summed E-state index contributed by atoms with van der Waals surface area (Å²) in [6.07, 6.45) is 9.00. The van der Waals surface area contributed by atoms with E-state index in [1.54, 1.807) is 0 Å². The van der Waals surface area contributed by atoms with Crippen LogP contribution in [-0.2, 0) is 98.1 Å². The molecular weight excluding hydrogens is 1040 g/mol. The van der Waals surface area contributed by atoms with Crippen molar-refractivity contribution in [1.82, 2.24) is 0 Å². The van der Waals surface area contributed by atoms with E-state index in [2.05, 4.69) is 90.9 Å². The molecule has 0 amide bonds. The Morgan fingerprint density at radius 1 is 0.587 bits per heavy atom. The van der Waals surface area contributed by atoms with E-state index < -0.39 is 0 Å². The number of rotatable bonds is 0. The summed E-state index contributed by atoms with van der Waals surface area (Å²) in [4.78, 5) is 0. The summed E-state index contributed by atoms with van der Waals surface area (Å²) in [5, 5.41) is 0. The molecule has 0 fully saturated rings. The standard InChI is InChI=1S/3C8H9.C2HCl3.C2HCl2.3C2H6.C2H.Ar.HI.3Y/c3*1-7-5-3-4-6-8(7)2;3-1-2(4)5;1-2(3)4;4*1-2;;;;;/h3*3,5-6H,1-2H3;1H;1H;3*1-2H3;1H;;1H;;;/q3*-1;;-1;;;;-1;;;;;/p-1. The quantitative estimate of drug-likeness (QED) is 0.120. The zero-order chi connectivity index (χ0) is 33.8. The number of hydrogen-bond acceptors (Lipinski definition) is 0. The number of aryl methyl sites for hydroxylation is 6. The molecule has 3 rings (SSSR count). The summed E-state index contributed by atoms with van der Waals surface area (Å²) < 4.78 is -0.0494. The van der Waals surface area contributed by atoms with Gasteiger partial charge in [-0.1, -0.05) is 122 Å². The second-order valence-corrected chi connectivity index (χ2v) is 8.95. The van der Waals surface area contributed by atoms with Crippen molar-refractivity contribution >= 4 is 58.0 Å². The Morgan fingerprint density at radius 3 is 0.804 bits per heavy atom. The van der Waals surface area contributed by atoms with Crippen molar-refractivity contribution in [2.75, 3.05) is 0 Å². The third-order valence-electron chi connectivity index (χ3n) is 4.14. The number of halogens is 6. The Hall–Kier alpha value is 3.45. The van der Waals surface area contributed by atoms with Crippen molar-refractivity contribution in [2.45, 2.75) is 83.1 Å². The van der Waals surface area contributed by atoms with E-state index >= 15 is 0 Å². The first-order chi connectivity index (χ1) is 19.4. The molecule has 0 nitrogen and oxygen atoms in total. The normalized spacial score (nSPS) is 6.59. The predicted octanol–water partition coefficient (Wildman–Crippen LogP) is 10.8. The van der Waals surface area contributed by atoms with Gasteiger partial charge in [-0.25, -0.2) is 0 Å². The molecule has 0 N–H and O–H groups in total. The van der Waals surface area contributed by atoms with E-state index in [-0.39, 0.29) is 169 Å². The van der Waals surface area contributed by atoms with Gasteiger partial charge in [-0.2, -0.15) is 106 Å². The van der Waals surface area contributed by atoms with Gasteiger partial charge in [0.25, 0.3) is 0 Å². The van der Waals surface area contributed by atoms with Crippen LogP contribution in [0, 0.1) is 117 Å². The zero-order valence-corrected chi connectivity index (χ0v) is 44.4. The van der Waals surface area contributed by atoms with Gasteiger partial charge in [0.15, 0.2) is 0 Å². The Morgan fingerprint density at radius 2 is 0.739 bits per heavy atom. The molecule has 0 bridgehead atoms. The second-order valence-electron chi connectivity index (χ2n) is 6.72. The van der Waals surface area contributed by atoms with Crippen LogP contribution in [0.1, 0.15) is 74.9 Å². The van der Waals surface area contributed by atoms with Crippen molar-refractivity contribution in [2.24, 2.45) is 0 Å². The average Bonchev–Trinajstić information content (AvgIpc) is 2.98. The second kappa shape index (κ2) is 66.7. The summed E-state index contributed by atoms with van der Waals surface area (Å²) >= 11 is 24.3. The molecule has 0 aliphatic heterocycles. The van der Waals surface area contributed by atoms with Gasteiger partial charge in [0, 0.05) is 141 Å². The van der Waals surface area contributed by atoms with Crippen molar-refractivity contribution in [1.29, 1.82) is 0 Å². The van der Waals surface area contributed by atoms with Gasteiger partial charge in [-0.15, -0.1) is 23.2 Å². The van der Waals surface area contributed by atoms with Crippen LogP contribution in [0.5, 0.6) is 0 Å². The van der Waals surface area contributed by atoms with Crippen molar-refractivity contribution in [3.63, 3.8) is 0 Å². The SMILES string of the molecule is CC.CC.CC.Cc1c[c-]ccc1C.Cc1c[c-]ccc1C.Cc1c[c-]ccc1C.ClC=C(Cl)Cl.[Ar].[C-]#C.[CH-]=C(Cl)Cl.[I-].[Y].[Y].[Y]. The van der Waals surface area contributed by atoms with Gasteiger partial charge >= 0.3 is 0 Å². The molecule has 0 saturated carbocycles. The summed E-state index contributed by atoms with van der Waals surface area (Å²) in [5.74, 6) is 0. The minimum Gasteiger partial charge on any atom is -1.00 e. The fourth-order valence-electron chi connectivity index (χ4n) is 1.77. The van der Waals surface area contributed by atoms with Gasteiger partial charge in [0.1, 0.15) is 4.49 Å². The molecule has 0 unspecified atom stereocenters. The van der Waals surface area contributed by atoms with Crippen LogP contribution in [0.4, 0.5) is 0 Å². The summed E-state index contributed by atoms with van der Waals surface area (Å²) in [7, 11) is 0. The zero-order valence-electron chi connectivity index (χ0n) is 29.3. The third kappa shape index (κ3) is 69.3. The molecule has 0 atom stereocenters. The molecule has 0 spiro atoms. The van der Waals surface area contributed by atoms with E-state index in [0.717, 1.165) is 5.54 Å². The van der Waals surface area contributed by atoms with Crippen LogP contribution in [0.25, 0.3) is 0 Å². The van der Waals surface area contributed by atoms with Gasteiger partial charge < -0.3 is 43.4 Å². The molecule has 0 aromatic heterocycles. The first-order valence-electron chi connectivity index (χ1n) is 13.1. The molecule has 257 valence electrons. The van der Waals surface area contributed by atoms with E-state index in [0.29, 0.717) is 0 Å². The molecule has 0 aliphatic carbocycles. The molecule has 0 saturated heterocycles. The van der Waals surface area contributed by atoms with E-state index in [1.165, 1.54) is 33.4 Å². The fourth-order valence-corrected chi connectivity index (χ4v) is 1.77. The topological polar surface area (TPSA) is 0 Å². The van der Waals surface area contributed by atoms with Crippen LogP contribution >= 0.6 is 58.0 Å². The molecule has 0 aliphatic rings. The Labute approximate surface area is 433 Å². The van der Waals surface area contributed by atoms with Gasteiger partial charge in [-0.3, -0.25) is 0 Å². The molecular formula is C36H48ArCl5IY3-6. The van der Waals surface area contributed by atoms with Crippen LogP contribution < -0.4 is 24.0 Å². The van der Waals surface area contributed by atoms with Crippen LogP contribution in [0.15, 0.2) is 69.1 Å². The molecule has 10 heteroatoms. The number of benzene rings is 3. The fraction of sp³-hybridized carbons (Fsp3) is 0.333. The summed E-state index contributed by atoms with van der Waals surface area (Å²) in [5.41, 5.74) is 9.03. The van der Waals surface area contributed by atoms with Gasteiger partial charge in [0.2, 0.25) is 0 Å². The molecule has 0 heterocycles. The van der Waals surface area contributed by atoms with Crippen molar-refractivity contribution in [3.05, 3.63) is 134 Å². The largest absolute Gasteiger partial charge is 1.00 e. The predicted molar refractivity (Wildman–Crippen MR) is 192 cm³/mol. The Bertz CT molecular complexity index is 861. The first kappa shape index (κ1) is 78.5. The average molecular weight is 1090 g/mol. The van der Waals surface area contributed by atoms with Crippen LogP contribution in [-0.4, -0.2) is 0 Å². The maximum absolute atomic E-state index is 5.25. The van der Waals surface area contributed by atoms with Crippen molar-refractivity contribution in [3.8, 4) is 6.42 Å². The summed E-state index contributed by atoms with van der Waals surface area (Å²) in [6.45, 7) is 29.1. The minimum absolute atomic E-state index is 0. The van der Waals surface area contributed by atoms with Crippen LogP contribution in [0.2, 0.25) is 0 Å². The number of terminal acetylenes is 1. The smallest absolute Gasteiger partial charge is 0.118 e. The Kier molecular flexibility index (Phi) is 114. The maximum atomic E-state index is 5.25. The molecule has 46 heavy (non-hydrogen) atoms. The molecule has 3 radical (unpaired) electrons. The molecule has 3 aromatic rings. The van der Waals surface area contributed by atoms with Crippen LogP contribution in [0.3, 0.4) is 0 Å². The van der Waals surface area contributed by atoms with Crippen molar-refractivity contribution < 1.29 is 160 Å². The first-order valence-corrected chi connectivity index (χ1v) is 15.0. The summed E-state index contributed by atoms with van der Waals surface area (Å²) in [6, 6.07) is 27.0. The van der Waals surface area contributed by atoms with Gasteiger partial charge in [-0.05, 0) is 0 Å². The van der Waals surface area contributed by atoms with E-state index in [9.17, 15) is 0 Å². The minimum atomic E-state index is -0.139. The Balaban J connectivity index is -0.0000000347. The third-order valence-corrected chi connectivity index (χ3v) is 4.80. The molecule has 3 aromatic carbocycles. The maximum Gasteiger partial charge on any atom is 0.118 e. The monoisotopic (exact) mass is 1090 g/mol. The van der Waals surface area contributed by atoms with E-state index in [4.69, 9.17) is 64.4 Å². The van der Waals surface area contributed by atoms with E-state index in [1.807, 2.05) is 77.9 Å².